The van der Waals surface area contributed by atoms with Gasteiger partial charge in [-0.05, 0) is 67.4 Å². The van der Waals surface area contributed by atoms with Crippen LogP contribution in [0.15, 0.2) is 76.6 Å². The van der Waals surface area contributed by atoms with Gasteiger partial charge in [0.15, 0.2) is 18.1 Å². The predicted octanol–water partition coefficient (Wildman–Crippen LogP) is 5.98. The number of anilines is 2. The number of carbonyl (C=O) groups is 3. The highest BCUT2D eigenvalue weighted by Crippen LogP contribution is 2.54. The van der Waals surface area contributed by atoms with Crippen molar-refractivity contribution in [3.8, 4) is 11.5 Å². The SMILES string of the molecule is CCOc1cc(C2c3sc(=O)[nH]c3SC3C(=O)N(c4cccc(C(F)(F)F)c4)C(=O)C32)ccc1OCC(=O)Nc1cccc(C)c1. The zero-order chi connectivity index (χ0) is 32.7. The van der Waals surface area contributed by atoms with Crippen LogP contribution in [-0.4, -0.2) is 41.2 Å². The average molecular weight is 670 g/mol. The first-order valence-electron chi connectivity index (χ1n) is 14.2. The molecule has 2 N–H and O–H groups in total. The first kappa shape index (κ1) is 31.4. The van der Waals surface area contributed by atoms with Gasteiger partial charge < -0.3 is 19.8 Å². The number of aryl methyl sites for hydroxylation is 1. The smallest absolute Gasteiger partial charge is 0.416 e. The number of amides is 3. The van der Waals surface area contributed by atoms with Crippen molar-refractivity contribution < 1.29 is 37.0 Å². The number of imide groups is 1. The molecule has 14 heteroatoms. The average Bonchev–Trinajstić information content (AvgIpc) is 3.50. The number of thioether (sulfide) groups is 1. The van der Waals surface area contributed by atoms with E-state index in [1.807, 2.05) is 25.1 Å². The van der Waals surface area contributed by atoms with Crippen LogP contribution >= 0.6 is 23.1 Å². The molecule has 1 saturated heterocycles. The Labute approximate surface area is 268 Å². The summed E-state index contributed by atoms with van der Waals surface area (Å²) in [5.74, 6) is -3.03. The number of benzene rings is 3. The van der Waals surface area contributed by atoms with Gasteiger partial charge in [0.1, 0.15) is 5.25 Å². The van der Waals surface area contributed by atoms with E-state index in [0.29, 0.717) is 21.2 Å². The first-order chi connectivity index (χ1) is 21.9. The third-order valence-electron chi connectivity index (χ3n) is 7.54. The summed E-state index contributed by atoms with van der Waals surface area (Å²) in [6.07, 6.45) is -4.67. The van der Waals surface area contributed by atoms with Gasteiger partial charge in [-0.3, -0.25) is 19.2 Å². The van der Waals surface area contributed by atoms with E-state index >= 15 is 0 Å². The van der Waals surface area contributed by atoms with Crippen LogP contribution in [0.2, 0.25) is 0 Å². The molecule has 3 unspecified atom stereocenters. The van der Waals surface area contributed by atoms with E-state index in [4.69, 9.17) is 9.47 Å². The van der Waals surface area contributed by atoms with Crippen LogP contribution in [0.1, 0.15) is 34.4 Å². The monoisotopic (exact) mass is 669 g/mol. The fourth-order valence-electron chi connectivity index (χ4n) is 5.62. The molecule has 0 radical (unpaired) electrons. The number of fused-ring (bicyclic) bond motifs is 2. The summed E-state index contributed by atoms with van der Waals surface area (Å²) in [4.78, 5) is 56.3. The summed E-state index contributed by atoms with van der Waals surface area (Å²) in [6.45, 7) is 3.59. The zero-order valence-corrected chi connectivity index (χ0v) is 26.0. The van der Waals surface area contributed by atoms with E-state index in [2.05, 4.69) is 10.3 Å². The van der Waals surface area contributed by atoms with E-state index in [1.54, 1.807) is 31.2 Å². The number of ether oxygens (including phenoxy) is 2. The molecule has 6 rings (SSSR count). The summed E-state index contributed by atoms with van der Waals surface area (Å²) < 4.78 is 52.1. The minimum Gasteiger partial charge on any atom is -0.490 e. The fourth-order valence-corrected chi connectivity index (χ4v) is 8.14. The lowest BCUT2D eigenvalue weighted by atomic mass is 9.83. The number of thiazole rings is 1. The number of alkyl halides is 3. The number of nitrogens with one attached hydrogen (secondary N) is 2. The van der Waals surface area contributed by atoms with Crippen molar-refractivity contribution in [1.29, 1.82) is 0 Å². The zero-order valence-electron chi connectivity index (χ0n) is 24.3. The predicted molar refractivity (Wildman–Crippen MR) is 167 cm³/mol. The molecule has 238 valence electrons. The second kappa shape index (κ2) is 12.3. The van der Waals surface area contributed by atoms with Gasteiger partial charge in [0.2, 0.25) is 11.8 Å². The summed E-state index contributed by atoms with van der Waals surface area (Å²) >= 11 is 1.92. The minimum absolute atomic E-state index is 0.182. The third kappa shape index (κ3) is 6.01. The topological polar surface area (TPSA) is 118 Å². The number of halogens is 3. The Kier molecular flexibility index (Phi) is 8.42. The van der Waals surface area contributed by atoms with E-state index in [0.717, 1.165) is 51.8 Å². The maximum atomic E-state index is 14.0. The molecule has 3 amide bonds. The summed E-state index contributed by atoms with van der Waals surface area (Å²) in [5, 5.41) is 2.19. The largest absolute Gasteiger partial charge is 0.490 e. The Morgan fingerprint density at radius 3 is 2.50 bits per heavy atom. The fraction of sp³-hybridized carbons (Fsp3) is 0.250. The molecular formula is C32H26F3N3O6S2. The summed E-state index contributed by atoms with van der Waals surface area (Å²) in [5.41, 5.74) is 0.955. The summed E-state index contributed by atoms with van der Waals surface area (Å²) in [7, 11) is 0. The van der Waals surface area contributed by atoms with Crippen molar-refractivity contribution in [1.82, 2.24) is 4.98 Å². The van der Waals surface area contributed by atoms with Crippen LogP contribution in [0, 0.1) is 12.8 Å². The van der Waals surface area contributed by atoms with Crippen LogP contribution in [0.25, 0.3) is 0 Å². The van der Waals surface area contributed by atoms with E-state index in [9.17, 15) is 32.3 Å². The number of aromatic nitrogens is 1. The molecule has 0 bridgehead atoms. The highest BCUT2D eigenvalue weighted by molar-refractivity contribution is 8.00. The molecule has 1 aromatic heterocycles. The normalized spacial score (nSPS) is 19.1. The number of nitrogens with zero attached hydrogens (tertiary/aromatic N) is 1. The summed E-state index contributed by atoms with van der Waals surface area (Å²) in [6, 6.07) is 16.3. The molecule has 0 aliphatic carbocycles. The Hall–Kier alpha value is -4.56. The molecule has 46 heavy (non-hydrogen) atoms. The van der Waals surface area contributed by atoms with Gasteiger partial charge >= 0.3 is 11.0 Å². The van der Waals surface area contributed by atoms with Crippen molar-refractivity contribution >= 4 is 52.2 Å². The van der Waals surface area contributed by atoms with Crippen LogP contribution < -0.4 is 24.6 Å². The molecular weight excluding hydrogens is 643 g/mol. The van der Waals surface area contributed by atoms with E-state index in [-0.39, 0.29) is 35.3 Å². The molecule has 3 heterocycles. The lowest BCUT2D eigenvalue weighted by molar-refractivity contribution is -0.137. The Morgan fingerprint density at radius 1 is 0.978 bits per heavy atom. The van der Waals surface area contributed by atoms with Gasteiger partial charge in [0.25, 0.3) is 5.91 Å². The van der Waals surface area contributed by atoms with Crippen molar-refractivity contribution in [2.24, 2.45) is 5.92 Å². The highest BCUT2D eigenvalue weighted by atomic mass is 32.2. The number of aromatic amines is 1. The van der Waals surface area contributed by atoms with Gasteiger partial charge in [-0.15, -0.1) is 0 Å². The molecule has 9 nitrogen and oxygen atoms in total. The number of H-pyrrole nitrogens is 1. The van der Waals surface area contributed by atoms with Crippen LogP contribution in [0.4, 0.5) is 24.5 Å². The van der Waals surface area contributed by atoms with Crippen molar-refractivity contribution in [3.05, 3.63) is 98.0 Å². The Morgan fingerprint density at radius 2 is 1.76 bits per heavy atom. The molecule has 4 aromatic rings. The second-order valence-electron chi connectivity index (χ2n) is 10.7. The van der Waals surface area contributed by atoms with Crippen LogP contribution in [-0.2, 0) is 20.6 Å². The van der Waals surface area contributed by atoms with Crippen LogP contribution in [0.3, 0.4) is 0 Å². The standard InChI is InChI=1S/C32H26F3N3O6S2/c1-3-43-22-13-17(10-11-21(22)44-15-23(39)36-19-8-4-6-16(2)12-19)24-25-27(45-28-26(24)46-31(42)37-28)30(41)38(29(25)40)20-9-5-7-18(14-20)32(33,34)35/h4-14,24-25,27H,3,15H2,1-2H3,(H,36,39)(H,37,42). The van der Waals surface area contributed by atoms with Gasteiger partial charge in [0, 0.05) is 16.5 Å². The first-order valence-corrected chi connectivity index (χ1v) is 15.8. The van der Waals surface area contributed by atoms with E-state index in [1.165, 1.54) is 6.07 Å². The van der Waals surface area contributed by atoms with Gasteiger partial charge in [-0.2, -0.15) is 13.2 Å². The molecule has 0 saturated carbocycles. The molecule has 3 aromatic carbocycles. The lowest BCUT2D eigenvalue weighted by Gasteiger charge is -2.30. The number of rotatable bonds is 8. The molecule has 0 spiro atoms. The molecule has 3 atom stereocenters. The van der Waals surface area contributed by atoms with E-state index < -0.39 is 46.5 Å². The highest BCUT2D eigenvalue weighted by Gasteiger charge is 2.56. The number of carbonyl (C=O) groups excluding carboxylic acids is 3. The lowest BCUT2D eigenvalue weighted by Crippen LogP contribution is -2.32. The van der Waals surface area contributed by atoms with Gasteiger partial charge in [-0.25, -0.2) is 4.90 Å². The third-order valence-corrected chi connectivity index (χ3v) is 9.94. The number of hydrogen-bond acceptors (Lipinski definition) is 8. The van der Waals surface area contributed by atoms with Crippen molar-refractivity contribution in [2.45, 2.75) is 36.2 Å². The van der Waals surface area contributed by atoms with Crippen molar-refractivity contribution in [2.75, 3.05) is 23.4 Å². The number of hydrogen-bond donors (Lipinski definition) is 2. The molecule has 1 fully saturated rings. The van der Waals surface area contributed by atoms with Gasteiger partial charge in [0.05, 0.1) is 28.8 Å². The van der Waals surface area contributed by atoms with Gasteiger partial charge in [-0.1, -0.05) is 47.4 Å². The maximum Gasteiger partial charge on any atom is 0.416 e. The minimum atomic E-state index is -4.67. The Balaban J connectivity index is 1.32. The second-order valence-corrected chi connectivity index (χ2v) is 12.8. The molecule has 2 aliphatic rings. The molecule has 2 aliphatic heterocycles. The van der Waals surface area contributed by atoms with Crippen molar-refractivity contribution in [3.63, 3.8) is 0 Å². The quantitative estimate of drug-likeness (QED) is 0.222. The Bertz CT molecular complexity index is 1910. The van der Waals surface area contributed by atoms with Crippen LogP contribution in [0.5, 0.6) is 11.5 Å². The maximum absolute atomic E-state index is 14.0.